The smallest absolute Gasteiger partial charge is 0.274 e. The Morgan fingerprint density at radius 1 is 0.946 bits per heavy atom. The number of nitrogens with one attached hydrogen (secondary N) is 2. The first-order valence-corrected chi connectivity index (χ1v) is 20.5. The van der Waals surface area contributed by atoms with Crippen LogP contribution in [0.2, 0.25) is 5.02 Å². The molecule has 1 spiro atoms. The van der Waals surface area contributed by atoms with E-state index in [2.05, 4.69) is 60.3 Å². The van der Waals surface area contributed by atoms with Gasteiger partial charge in [0.25, 0.3) is 5.91 Å². The van der Waals surface area contributed by atoms with Gasteiger partial charge in [-0.1, -0.05) is 17.7 Å². The molecule has 6 heterocycles. The third kappa shape index (κ3) is 8.27. The molecular formula is C42H51ClN10O3. The fourth-order valence-corrected chi connectivity index (χ4v) is 9.68. The van der Waals surface area contributed by atoms with Crippen LogP contribution in [-0.4, -0.2) is 115 Å². The molecule has 14 heteroatoms. The molecule has 8 rings (SSSR count). The Morgan fingerprint density at radius 2 is 1.73 bits per heavy atom. The maximum Gasteiger partial charge on any atom is 0.274 e. The molecule has 2 aromatic carbocycles. The van der Waals surface area contributed by atoms with Crippen LogP contribution in [0.4, 0.5) is 22.9 Å². The summed E-state index contributed by atoms with van der Waals surface area (Å²) in [6.07, 6.45) is 9.48. The van der Waals surface area contributed by atoms with Crippen LogP contribution in [0.3, 0.4) is 0 Å². The zero-order valence-corrected chi connectivity index (χ0v) is 32.9. The number of piperidine rings is 3. The van der Waals surface area contributed by atoms with Crippen molar-refractivity contribution in [2.45, 2.75) is 64.0 Å². The van der Waals surface area contributed by atoms with E-state index in [1.807, 2.05) is 35.2 Å². The van der Waals surface area contributed by atoms with Gasteiger partial charge in [-0.05, 0) is 93.2 Å². The quantitative estimate of drug-likeness (QED) is 0.306. The van der Waals surface area contributed by atoms with E-state index in [0.717, 1.165) is 120 Å². The van der Waals surface area contributed by atoms with Crippen LogP contribution < -0.4 is 25.3 Å². The van der Waals surface area contributed by atoms with Crippen LogP contribution >= 0.6 is 11.6 Å². The van der Waals surface area contributed by atoms with Crippen molar-refractivity contribution in [1.82, 2.24) is 25.1 Å². The summed E-state index contributed by atoms with van der Waals surface area (Å²) in [6.45, 7) is 11.4. The van der Waals surface area contributed by atoms with Crippen molar-refractivity contribution in [2.24, 2.45) is 11.3 Å². The molecule has 0 bridgehead atoms. The predicted octanol–water partition coefficient (Wildman–Crippen LogP) is 4.78. The van der Waals surface area contributed by atoms with Gasteiger partial charge in [-0.15, -0.1) is 0 Å². The van der Waals surface area contributed by atoms with Gasteiger partial charge in [-0.2, -0.15) is 5.26 Å². The van der Waals surface area contributed by atoms with Crippen molar-refractivity contribution >= 4 is 52.2 Å². The number of rotatable bonds is 8. The summed E-state index contributed by atoms with van der Waals surface area (Å²) in [5.41, 5.74) is 4.24. The van der Waals surface area contributed by atoms with Crippen molar-refractivity contribution in [3.05, 3.63) is 71.1 Å². The lowest BCUT2D eigenvalue weighted by Gasteiger charge is -2.40. The van der Waals surface area contributed by atoms with Crippen molar-refractivity contribution in [3.8, 4) is 6.07 Å². The number of carbonyl (C=O) groups is 3. The molecular weight excluding hydrogens is 728 g/mol. The molecule has 2 atom stereocenters. The Morgan fingerprint density at radius 3 is 2.43 bits per heavy atom. The third-order valence-corrected chi connectivity index (χ3v) is 13.1. The van der Waals surface area contributed by atoms with Gasteiger partial charge < -0.3 is 24.9 Å². The Labute approximate surface area is 334 Å². The molecule has 1 aromatic heterocycles. The van der Waals surface area contributed by atoms with Gasteiger partial charge in [0.2, 0.25) is 11.8 Å². The molecule has 5 saturated heterocycles. The number of hydrogen-bond donors (Lipinski definition) is 2. The molecule has 5 aliphatic heterocycles. The number of hydrogen-bond acceptors (Lipinski definition) is 11. The number of nitrogens with zero attached hydrogens (tertiary/aromatic N) is 8. The lowest BCUT2D eigenvalue weighted by atomic mass is 9.77. The molecule has 5 fully saturated rings. The monoisotopic (exact) mass is 778 g/mol. The van der Waals surface area contributed by atoms with E-state index < -0.39 is 6.04 Å². The number of anilines is 4. The van der Waals surface area contributed by atoms with Gasteiger partial charge in [0.15, 0.2) is 0 Å². The third-order valence-electron chi connectivity index (χ3n) is 12.8. The molecule has 0 radical (unpaired) electrons. The van der Waals surface area contributed by atoms with E-state index >= 15 is 0 Å². The van der Waals surface area contributed by atoms with Crippen LogP contribution in [0.15, 0.2) is 54.9 Å². The normalized spacial score (nSPS) is 23.3. The van der Waals surface area contributed by atoms with Gasteiger partial charge in [-0.3, -0.25) is 24.6 Å². The van der Waals surface area contributed by atoms with E-state index in [9.17, 15) is 19.6 Å². The summed E-state index contributed by atoms with van der Waals surface area (Å²) >= 11 is 6.37. The Kier molecular flexibility index (Phi) is 11.0. The first kappa shape index (κ1) is 38.0. The van der Waals surface area contributed by atoms with Gasteiger partial charge in [0.1, 0.15) is 23.6 Å². The maximum absolute atomic E-state index is 13.5. The molecule has 56 heavy (non-hydrogen) atoms. The summed E-state index contributed by atoms with van der Waals surface area (Å²) < 4.78 is 0. The molecule has 5 aliphatic rings. The second-order valence-corrected chi connectivity index (χ2v) is 16.8. The second-order valence-electron chi connectivity index (χ2n) is 16.4. The lowest BCUT2D eigenvalue weighted by molar-refractivity contribution is -0.133. The number of imide groups is 1. The minimum absolute atomic E-state index is 0.0361. The van der Waals surface area contributed by atoms with Crippen molar-refractivity contribution < 1.29 is 14.4 Å². The fourth-order valence-electron chi connectivity index (χ4n) is 9.46. The van der Waals surface area contributed by atoms with Gasteiger partial charge in [-0.25, -0.2) is 9.97 Å². The highest BCUT2D eigenvalue weighted by Crippen LogP contribution is 2.45. The van der Waals surface area contributed by atoms with Gasteiger partial charge in [0.05, 0.1) is 23.0 Å². The largest absolute Gasteiger partial charge is 0.374 e. The first-order chi connectivity index (χ1) is 27.1. The highest BCUT2D eigenvalue weighted by molar-refractivity contribution is 6.32. The molecule has 1 unspecified atom stereocenters. The van der Waals surface area contributed by atoms with E-state index in [1.54, 1.807) is 12.4 Å². The Bertz CT molecular complexity index is 1960. The molecule has 0 aliphatic carbocycles. The molecule has 3 amide bonds. The zero-order chi connectivity index (χ0) is 38.8. The van der Waals surface area contributed by atoms with E-state index in [-0.39, 0.29) is 23.1 Å². The molecule has 3 aromatic rings. The second kappa shape index (κ2) is 16.3. The number of carbonyl (C=O) groups excluding carboxylic acids is 3. The lowest BCUT2D eigenvalue weighted by Crippen LogP contribution is -2.49. The Balaban J connectivity index is 0.762. The number of aromatic nitrogens is 2. The number of piperazine rings is 1. The summed E-state index contributed by atoms with van der Waals surface area (Å²) in [5, 5.41) is 15.5. The summed E-state index contributed by atoms with van der Waals surface area (Å²) in [5.74, 6) is 0.875. The highest BCUT2D eigenvalue weighted by atomic mass is 35.5. The molecule has 13 nitrogen and oxygen atoms in total. The SMILES string of the molecule is C[C@@H]1CC2(CCN(c3cnc(C(=O)N4CCC(CN5CCN(c6cccc(NC7CCC(=O)NC7=O)c6)CC5)CC4)cn3)CC2)CN1c1ccc(C#N)c(Cl)c1. The number of halogens is 1. The average molecular weight is 779 g/mol. The van der Waals surface area contributed by atoms with Crippen LogP contribution in [0.5, 0.6) is 0 Å². The minimum atomic E-state index is -0.396. The van der Waals surface area contributed by atoms with Gasteiger partial charge >= 0.3 is 0 Å². The molecule has 294 valence electrons. The summed E-state index contributed by atoms with van der Waals surface area (Å²) in [7, 11) is 0. The summed E-state index contributed by atoms with van der Waals surface area (Å²) in [6, 6.07) is 16.1. The fraction of sp³-hybridized carbons (Fsp3) is 0.524. The van der Waals surface area contributed by atoms with Gasteiger partial charge in [0, 0.05) is 95.0 Å². The maximum atomic E-state index is 13.5. The Hall–Kier alpha value is -4.93. The van der Waals surface area contributed by atoms with Crippen LogP contribution in [0, 0.1) is 22.7 Å². The zero-order valence-electron chi connectivity index (χ0n) is 32.1. The number of likely N-dealkylation sites (tertiary alicyclic amines) is 1. The average Bonchev–Trinajstić information content (AvgIpc) is 3.54. The molecule has 2 N–H and O–H groups in total. The number of benzene rings is 2. The minimum Gasteiger partial charge on any atom is -0.374 e. The highest BCUT2D eigenvalue weighted by Gasteiger charge is 2.44. The van der Waals surface area contributed by atoms with E-state index in [1.165, 1.54) is 0 Å². The van der Waals surface area contributed by atoms with Crippen LogP contribution in [0.1, 0.15) is 67.9 Å². The predicted molar refractivity (Wildman–Crippen MR) is 217 cm³/mol. The van der Waals surface area contributed by atoms with E-state index in [0.29, 0.717) is 41.1 Å². The topological polar surface area (TPSA) is 141 Å². The summed E-state index contributed by atoms with van der Waals surface area (Å²) in [4.78, 5) is 58.1. The number of nitriles is 1. The van der Waals surface area contributed by atoms with Crippen molar-refractivity contribution in [3.63, 3.8) is 0 Å². The van der Waals surface area contributed by atoms with Crippen molar-refractivity contribution in [1.29, 1.82) is 5.26 Å². The molecule has 0 saturated carbocycles. The van der Waals surface area contributed by atoms with E-state index in [4.69, 9.17) is 16.6 Å². The van der Waals surface area contributed by atoms with Crippen LogP contribution in [0.25, 0.3) is 0 Å². The first-order valence-electron chi connectivity index (χ1n) is 20.2. The van der Waals surface area contributed by atoms with Crippen molar-refractivity contribution in [2.75, 3.05) is 85.5 Å². The standard InChI is InChI=1S/C42H51ClN10O3/c1-29-23-42(28-53(29)34-6-5-31(24-44)35(43)22-34)11-15-51(16-12-42)38-26-45-37(25-46-38)41(56)52-13-9-30(10-14-52)27-49-17-19-50(20-18-49)33-4-2-3-32(21-33)47-36-7-8-39(54)48-40(36)55/h2-6,21-22,25-26,29-30,36,47H,7-20,23,27-28H2,1H3,(H,48,54,55)/t29-,36?/m1/s1. The van der Waals surface area contributed by atoms with Crippen LogP contribution in [-0.2, 0) is 9.59 Å². The number of amides is 3.